The van der Waals surface area contributed by atoms with Crippen molar-refractivity contribution < 1.29 is 0 Å². The van der Waals surface area contributed by atoms with Crippen molar-refractivity contribution in [2.45, 2.75) is 32.4 Å². The molecule has 0 saturated carbocycles. The van der Waals surface area contributed by atoms with Gasteiger partial charge in [-0.15, -0.1) is 0 Å². The van der Waals surface area contributed by atoms with Gasteiger partial charge in [-0.25, -0.2) is 0 Å². The molecule has 2 atom stereocenters. The van der Waals surface area contributed by atoms with Crippen LogP contribution in [0, 0.1) is 5.92 Å². The Labute approximate surface area is 126 Å². The van der Waals surface area contributed by atoms with E-state index in [0.29, 0.717) is 18.0 Å². The molecule has 1 N–H and O–H groups in total. The Morgan fingerprint density at radius 2 is 1.89 bits per heavy atom. The molecule has 19 heavy (non-hydrogen) atoms. The summed E-state index contributed by atoms with van der Waals surface area (Å²) in [4.78, 5) is 2.40. The van der Waals surface area contributed by atoms with E-state index in [1.54, 1.807) is 6.07 Å². The summed E-state index contributed by atoms with van der Waals surface area (Å²) in [6.45, 7) is 6.53. The topological polar surface area (TPSA) is 15.3 Å². The van der Waals surface area contributed by atoms with Gasteiger partial charge in [0.25, 0.3) is 0 Å². The number of rotatable bonds is 4. The van der Waals surface area contributed by atoms with Crippen molar-refractivity contribution in [2.75, 3.05) is 20.1 Å². The minimum Gasteiger partial charge on any atom is -0.314 e. The van der Waals surface area contributed by atoms with Crippen LogP contribution in [0.1, 0.15) is 31.9 Å². The third-order valence-corrected chi connectivity index (χ3v) is 4.23. The molecule has 0 radical (unpaired) electrons. The predicted octanol–water partition coefficient (Wildman–Crippen LogP) is 3.98. The van der Waals surface area contributed by atoms with Gasteiger partial charge in [-0.2, -0.15) is 0 Å². The zero-order valence-electron chi connectivity index (χ0n) is 11.8. The number of nitrogens with one attached hydrogen (secondary N) is 1. The molecule has 4 heteroatoms. The molecule has 1 fully saturated rings. The first-order chi connectivity index (χ1) is 8.97. The van der Waals surface area contributed by atoms with Gasteiger partial charge in [-0.05, 0) is 49.7 Å². The van der Waals surface area contributed by atoms with Crippen molar-refractivity contribution in [3.8, 4) is 0 Å². The van der Waals surface area contributed by atoms with E-state index < -0.39 is 0 Å². The molecule has 2 rings (SSSR count). The van der Waals surface area contributed by atoms with Crippen LogP contribution >= 0.6 is 23.2 Å². The molecule has 0 aliphatic carbocycles. The molecule has 0 spiro atoms. The fraction of sp³-hybridized carbons (Fsp3) is 0.600. The summed E-state index contributed by atoms with van der Waals surface area (Å²) in [5, 5.41) is 4.99. The molecule has 0 aromatic heterocycles. The number of likely N-dealkylation sites (tertiary alicyclic amines) is 1. The highest BCUT2D eigenvalue weighted by Gasteiger charge is 2.33. The molecule has 1 aromatic rings. The van der Waals surface area contributed by atoms with E-state index in [9.17, 15) is 0 Å². The second kappa shape index (κ2) is 6.45. The van der Waals surface area contributed by atoms with Crippen LogP contribution < -0.4 is 5.32 Å². The summed E-state index contributed by atoms with van der Waals surface area (Å²) in [7, 11) is 2.18. The number of nitrogens with zero attached hydrogens (tertiary/aromatic N) is 1. The average molecular weight is 301 g/mol. The monoisotopic (exact) mass is 300 g/mol. The highest BCUT2D eigenvalue weighted by molar-refractivity contribution is 6.34. The van der Waals surface area contributed by atoms with Crippen molar-refractivity contribution >= 4 is 23.2 Å². The fourth-order valence-electron chi connectivity index (χ4n) is 2.90. The normalized spacial score (nSPS) is 24.3. The van der Waals surface area contributed by atoms with Crippen LogP contribution in [0.25, 0.3) is 0 Å². The van der Waals surface area contributed by atoms with Gasteiger partial charge < -0.3 is 5.32 Å². The van der Waals surface area contributed by atoms with Crippen LogP contribution in [0.2, 0.25) is 10.0 Å². The van der Waals surface area contributed by atoms with Crippen molar-refractivity contribution in [3.05, 3.63) is 33.8 Å². The van der Waals surface area contributed by atoms with Crippen molar-refractivity contribution in [1.29, 1.82) is 0 Å². The Hall–Kier alpha value is -0.280. The first-order valence-corrected chi connectivity index (χ1v) is 7.62. The lowest BCUT2D eigenvalue weighted by Crippen LogP contribution is -2.32. The summed E-state index contributed by atoms with van der Waals surface area (Å²) < 4.78 is 0. The summed E-state index contributed by atoms with van der Waals surface area (Å²) in [5.74, 6) is 0.613. The predicted molar refractivity (Wildman–Crippen MR) is 83.1 cm³/mol. The van der Waals surface area contributed by atoms with E-state index in [1.165, 1.54) is 12.0 Å². The molecule has 1 saturated heterocycles. The maximum atomic E-state index is 6.13. The van der Waals surface area contributed by atoms with Crippen molar-refractivity contribution in [2.24, 2.45) is 5.92 Å². The van der Waals surface area contributed by atoms with E-state index in [2.05, 4.69) is 31.1 Å². The largest absolute Gasteiger partial charge is 0.314 e. The van der Waals surface area contributed by atoms with Gasteiger partial charge in [0.1, 0.15) is 0 Å². The molecule has 1 aromatic carbocycles. The molecule has 1 aliphatic heterocycles. The first-order valence-electron chi connectivity index (χ1n) is 6.87. The summed E-state index contributed by atoms with van der Waals surface area (Å²) in [5.41, 5.74) is 1.23. The molecule has 0 amide bonds. The van der Waals surface area contributed by atoms with Crippen LogP contribution in [-0.4, -0.2) is 31.1 Å². The van der Waals surface area contributed by atoms with Gasteiger partial charge in [0, 0.05) is 28.7 Å². The molecule has 1 aliphatic rings. The molecule has 1 heterocycles. The Morgan fingerprint density at radius 3 is 2.47 bits per heavy atom. The number of halogens is 2. The quantitative estimate of drug-likeness (QED) is 0.905. The zero-order chi connectivity index (χ0) is 14.0. The Bertz CT molecular complexity index is 414. The minimum absolute atomic E-state index is 0.405. The SMILES string of the molecule is CC(C)NCC1CCN(C)C1c1cc(Cl)cc(Cl)c1. The van der Waals surface area contributed by atoms with E-state index in [1.807, 2.05) is 12.1 Å². The number of hydrogen-bond acceptors (Lipinski definition) is 2. The average Bonchev–Trinajstić information content (AvgIpc) is 2.66. The van der Waals surface area contributed by atoms with Crippen LogP contribution in [0.4, 0.5) is 0 Å². The highest BCUT2D eigenvalue weighted by atomic mass is 35.5. The van der Waals surface area contributed by atoms with Gasteiger partial charge in [-0.3, -0.25) is 4.90 Å². The number of benzene rings is 1. The fourth-order valence-corrected chi connectivity index (χ4v) is 3.44. The lowest BCUT2D eigenvalue weighted by atomic mass is 9.93. The van der Waals surface area contributed by atoms with Crippen LogP contribution in [0.5, 0.6) is 0 Å². The molecule has 0 bridgehead atoms. The lowest BCUT2D eigenvalue weighted by molar-refractivity contribution is 0.269. The van der Waals surface area contributed by atoms with Gasteiger partial charge in [0.05, 0.1) is 0 Å². The third kappa shape index (κ3) is 3.85. The van der Waals surface area contributed by atoms with Crippen molar-refractivity contribution in [3.63, 3.8) is 0 Å². The standard InChI is InChI=1S/C15H22Cl2N2/c1-10(2)18-9-11-4-5-19(3)15(11)12-6-13(16)8-14(17)7-12/h6-8,10-11,15,18H,4-5,9H2,1-3H3. The molecule has 106 valence electrons. The lowest BCUT2D eigenvalue weighted by Gasteiger charge is -2.27. The molecule has 2 unspecified atom stereocenters. The third-order valence-electron chi connectivity index (χ3n) is 3.79. The molecular formula is C15H22Cl2N2. The second-order valence-electron chi connectivity index (χ2n) is 5.74. The van der Waals surface area contributed by atoms with Crippen molar-refractivity contribution in [1.82, 2.24) is 10.2 Å². The summed E-state index contributed by atoms with van der Waals surface area (Å²) in [6, 6.07) is 6.81. The van der Waals surface area contributed by atoms with Crippen LogP contribution in [0.15, 0.2) is 18.2 Å². The van der Waals surface area contributed by atoms with Gasteiger partial charge in [0.15, 0.2) is 0 Å². The highest BCUT2D eigenvalue weighted by Crippen LogP contribution is 2.37. The summed E-state index contributed by atoms with van der Waals surface area (Å²) >= 11 is 12.3. The van der Waals surface area contributed by atoms with Gasteiger partial charge in [-0.1, -0.05) is 37.0 Å². The zero-order valence-corrected chi connectivity index (χ0v) is 13.3. The maximum Gasteiger partial charge on any atom is 0.0424 e. The van der Waals surface area contributed by atoms with Gasteiger partial charge in [0.2, 0.25) is 0 Å². The molecular weight excluding hydrogens is 279 g/mol. The summed E-state index contributed by atoms with van der Waals surface area (Å²) in [6.07, 6.45) is 1.21. The van der Waals surface area contributed by atoms with E-state index >= 15 is 0 Å². The van der Waals surface area contributed by atoms with E-state index in [4.69, 9.17) is 23.2 Å². The Balaban J connectivity index is 2.18. The minimum atomic E-state index is 0.405. The molecule has 2 nitrogen and oxygen atoms in total. The Kier molecular flexibility index (Phi) is 5.13. The van der Waals surface area contributed by atoms with Crippen LogP contribution in [0.3, 0.4) is 0 Å². The van der Waals surface area contributed by atoms with E-state index in [-0.39, 0.29) is 0 Å². The smallest absolute Gasteiger partial charge is 0.0424 e. The second-order valence-corrected chi connectivity index (χ2v) is 6.61. The van der Waals surface area contributed by atoms with Gasteiger partial charge >= 0.3 is 0 Å². The number of hydrogen-bond donors (Lipinski definition) is 1. The van der Waals surface area contributed by atoms with Crippen LogP contribution in [-0.2, 0) is 0 Å². The first kappa shape index (κ1) is 15.1. The van der Waals surface area contributed by atoms with E-state index in [0.717, 1.165) is 23.1 Å². The Morgan fingerprint density at radius 1 is 1.26 bits per heavy atom. The maximum absolute atomic E-state index is 6.13.